The minimum Gasteiger partial charge on any atom is -0.396 e. The first-order valence-corrected chi connectivity index (χ1v) is 7.45. The first-order valence-electron chi connectivity index (χ1n) is 7.45. The molecule has 21 heavy (non-hydrogen) atoms. The lowest BCUT2D eigenvalue weighted by atomic mass is 9.91. The van der Waals surface area contributed by atoms with E-state index in [0.29, 0.717) is 11.7 Å². The van der Waals surface area contributed by atoms with Crippen LogP contribution in [0.2, 0.25) is 0 Å². The number of nitro groups is 1. The van der Waals surface area contributed by atoms with E-state index < -0.39 is 0 Å². The molecule has 116 valence electrons. The molecule has 1 aliphatic rings. The van der Waals surface area contributed by atoms with Crippen LogP contribution < -0.4 is 5.32 Å². The lowest BCUT2D eigenvalue weighted by Gasteiger charge is -2.37. The van der Waals surface area contributed by atoms with Gasteiger partial charge in [-0.15, -0.1) is 0 Å². The molecule has 1 aliphatic carbocycles. The second-order valence-electron chi connectivity index (χ2n) is 5.49. The van der Waals surface area contributed by atoms with Crippen LogP contribution >= 0.6 is 0 Å². The maximum Gasteiger partial charge on any atom is 0.292 e. The summed E-state index contributed by atoms with van der Waals surface area (Å²) in [7, 11) is 1.70. The van der Waals surface area contributed by atoms with Crippen LogP contribution in [0.3, 0.4) is 0 Å². The van der Waals surface area contributed by atoms with Gasteiger partial charge in [-0.2, -0.15) is 0 Å². The molecule has 2 rings (SSSR count). The van der Waals surface area contributed by atoms with E-state index in [1.165, 1.54) is 19.3 Å². The minimum atomic E-state index is -0.370. The molecule has 0 heterocycles. The highest BCUT2D eigenvalue weighted by molar-refractivity contribution is 5.62. The number of aliphatic hydroxyl groups excluding tert-OH is 1. The zero-order valence-electron chi connectivity index (χ0n) is 12.4. The molecule has 2 N–H and O–H groups in total. The Bertz CT molecular complexity index is 489. The molecule has 0 bridgehead atoms. The number of nitro benzene ring substituents is 1. The van der Waals surface area contributed by atoms with Crippen LogP contribution in [0.15, 0.2) is 18.2 Å². The number of hydrogen-bond donors (Lipinski definition) is 2. The molecule has 0 saturated heterocycles. The summed E-state index contributed by atoms with van der Waals surface area (Å²) in [6.07, 6.45) is 4.44. The topological polar surface area (TPSA) is 78.6 Å². The molecular weight excluding hydrogens is 270 g/mol. The van der Waals surface area contributed by atoms with Crippen molar-refractivity contribution in [2.24, 2.45) is 0 Å². The van der Waals surface area contributed by atoms with Crippen molar-refractivity contribution in [3.05, 3.63) is 33.9 Å². The lowest BCUT2D eigenvalue weighted by molar-refractivity contribution is -0.384. The molecule has 6 nitrogen and oxygen atoms in total. The van der Waals surface area contributed by atoms with E-state index in [9.17, 15) is 10.1 Å². The summed E-state index contributed by atoms with van der Waals surface area (Å²) in [5.41, 5.74) is 1.72. The van der Waals surface area contributed by atoms with Gasteiger partial charge >= 0.3 is 0 Å². The summed E-state index contributed by atoms with van der Waals surface area (Å²) in [6.45, 7) is 1.84. The third-order valence-electron chi connectivity index (χ3n) is 4.11. The van der Waals surface area contributed by atoms with Crippen LogP contribution in [-0.4, -0.2) is 41.2 Å². The number of anilines is 1. The number of rotatable bonds is 8. The number of hydrogen-bond acceptors (Lipinski definition) is 5. The summed E-state index contributed by atoms with van der Waals surface area (Å²) in [4.78, 5) is 13.0. The fourth-order valence-electron chi connectivity index (χ4n) is 2.69. The molecule has 1 aromatic rings. The van der Waals surface area contributed by atoms with Gasteiger partial charge in [0.05, 0.1) is 4.92 Å². The van der Waals surface area contributed by atoms with Crippen molar-refractivity contribution in [2.45, 2.75) is 38.3 Å². The molecule has 1 fully saturated rings. The van der Waals surface area contributed by atoms with Crippen molar-refractivity contribution in [2.75, 3.05) is 25.5 Å². The van der Waals surface area contributed by atoms with Gasteiger partial charge in [-0.25, -0.2) is 0 Å². The largest absolute Gasteiger partial charge is 0.396 e. The highest BCUT2D eigenvalue weighted by Gasteiger charge is 2.25. The molecule has 0 aromatic heterocycles. The van der Waals surface area contributed by atoms with Crippen molar-refractivity contribution in [3.63, 3.8) is 0 Å². The highest BCUT2D eigenvalue weighted by atomic mass is 16.6. The Morgan fingerprint density at radius 2 is 2.24 bits per heavy atom. The van der Waals surface area contributed by atoms with E-state index >= 15 is 0 Å². The van der Waals surface area contributed by atoms with Gasteiger partial charge in [-0.1, -0.05) is 12.5 Å². The van der Waals surface area contributed by atoms with Gasteiger partial charge in [0.1, 0.15) is 5.69 Å². The Morgan fingerprint density at radius 1 is 1.48 bits per heavy atom. The summed E-state index contributed by atoms with van der Waals surface area (Å²) in [5.74, 6) is 0. The van der Waals surface area contributed by atoms with Crippen LogP contribution in [0.4, 0.5) is 11.4 Å². The summed E-state index contributed by atoms with van der Waals surface area (Å²) < 4.78 is 0. The number of aliphatic hydroxyl groups is 1. The number of benzene rings is 1. The average Bonchev–Trinajstić information content (AvgIpc) is 2.42. The quantitative estimate of drug-likeness (QED) is 0.568. The predicted molar refractivity (Wildman–Crippen MR) is 82.4 cm³/mol. The van der Waals surface area contributed by atoms with E-state index in [1.54, 1.807) is 13.1 Å². The van der Waals surface area contributed by atoms with E-state index in [1.807, 2.05) is 12.1 Å². The second-order valence-corrected chi connectivity index (χ2v) is 5.49. The number of nitrogens with one attached hydrogen (secondary N) is 1. The van der Waals surface area contributed by atoms with Gasteiger partial charge in [0, 0.05) is 38.9 Å². The minimum absolute atomic E-state index is 0.104. The van der Waals surface area contributed by atoms with Crippen molar-refractivity contribution >= 4 is 11.4 Å². The van der Waals surface area contributed by atoms with E-state index in [2.05, 4.69) is 10.2 Å². The maximum absolute atomic E-state index is 10.9. The smallest absolute Gasteiger partial charge is 0.292 e. The Morgan fingerprint density at radius 3 is 2.76 bits per heavy atom. The molecule has 0 amide bonds. The predicted octanol–water partition coefficient (Wildman–Crippen LogP) is 2.37. The van der Waals surface area contributed by atoms with Crippen LogP contribution in [0.5, 0.6) is 0 Å². The third-order valence-corrected chi connectivity index (χ3v) is 4.11. The fourth-order valence-corrected chi connectivity index (χ4v) is 2.69. The monoisotopic (exact) mass is 293 g/mol. The molecule has 0 spiro atoms. The van der Waals surface area contributed by atoms with Crippen molar-refractivity contribution in [1.82, 2.24) is 4.90 Å². The number of nitrogens with zero attached hydrogens (tertiary/aromatic N) is 2. The van der Waals surface area contributed by atoms with Crippen LogP contribution in [-0.2, 0) is 6.54 Å². The molecule has 0 aliphatic heterocycles. The van der Waals surface area contributed by atoms with E-state index in [4.69, 9.17) is 5.11 Å². The van der Waals surface area contributed by atoms with Crippen molar-refractivity contribution in [1.29, 1.82) is 0 Å². The second kappa shape index (κ2) is 7.38. The molecule has 0 atom stereocenters. The van der Waals surface area contributed by atoms with Gasteiger partial charge in [0.25, 0.3) is 5.69 Å². The van der Waals surface area contributed by atoms with Crippen molar-refractivity contribution in [3.8, 4) is 0 Å². The zero-order chi connectivity index (χ0) is 15.2. The standard InChI is InChI=1S/C15H23N3O3/c1-16-14-10-12(6-7-15(14)18(20)21)11-17(8-3-9-19)13-4-2-5-13/h6-7,10,13,16,19H,2-5,8-9,11H2,1H3. The molecule has 0 radical (unpaired) electrons. The van der Waals surface area contributed by atoms with Crippen LogP contribution in [0.1, 0.15) is 31.2 Å². The van der Waals surface area contributed by atoms with Gasteiger partial charge in [-0.05, 0) is 30.9 Å². The van der Waals surface area contributed by atoms with Crippen LogP contribution in [0, 0.1) is 10.1 Å². The average molecular weight is 293 g/mol. The molecular formula is C15H23N3O3. The normalized spacial score (nSPS) is 15.0. The highest BCUT2D eigenvalue weighted by Crippen LogP contribution is 2.29. The first kappa shape index (κ1) is 15.7. The van der Waals surface area contributed by atoms with Crippen LogP contribution in [0.25, 0.3) is 0 Å². The van der Waals surface area contributed by atoms with Gasteiger partial charge in [-0.3, -0.25) is 15.0 Å². The Balaban J connectivity index is 2.10. The Hall–Kier alpha value is -1.66. The van der Waals surface area contributed by atoms with Gasteiger partial charge in [0.2, 0.25) is 0 Å². The third kappa shape index (κ3) is 3.92. The summed E-state index contributed by atoms with van der Waals surface area (Å²) in [5, 5.41) is 22.9. The summed E-state index contributed by atoms with van der Waals surface area (Å²) >= 11 is 0. The molecule has 0 unspecified atom stereocenters. The van der Waals surface area contributed by atoms with E-state index in [-0.39, 0.29) is 17.2 Å². The summed E-state index contributed by atoms with van der Waals surface area (Å²) in [6, 6.07) is 5.82. The van der Waals surface area contributed by atoms with Gasteiger partial charge in [0.15, 0.2) is 0 Å². The zero-order valence-corrected chi connectivity index (χ0v) is 12.4. The Kier molecular flexibility index (Phi) is 5.52. The molecule has 1 saturated carbocycles. The van der Waals surface area contributed by atoms with Crippen molar-refractivity contribution < 1.29 is 10.0 Å². The SMILES string of the molecule is CNc1cc(CN(CCCO)C2CCC2)ccc1[N+](=O)[O-]. The fraction of sp³-hybridized carbons (Fsp3) is 0.600. The van der Waals surface area contributed by atoms with E-state index in [0.717, 1.165) is 25.1 Å². The van der Waals surface area contributed by atoms with Gasteiger partial charge < -0.3 is 10.4 Å². The lowest BCUT2D eigenvalue weighted by Crippen LogP contribution is -2.40. The first-order chi connectivity index (χ1) is 10.2. The molecule has 6 heteroatoms. The molecule has 1 aromatic carbocycles. The Labute approximate surface area is 124 Å². The maximum atomic E-state index is 10.9.